The maximum Gasteiger partial charge on any atom is 0.229 e. The minimum Gasteiger partial charge on any atom is -0.352 e. The highest BCUT2D eigenvalue weighted by molar-refractivity contribution is 7.92. The molecule has 1 saturated heterocycles. The molecule has 1 heterocycles. The lowest BCUT2D eigenvalue weighted by Crippen LogP contribution is -2.39. The van der Waals surface area contributed by atoms with E-state index in [-0.39, 0.29) is 0 Å². The molecule has 2 N–H and O–H groups in total. The highest BCUT2D eigenvalue weighted by Crippen LogP contribution is 2.16. The Kier molecular flexibility index (Phi) is 5.06. The Morgan fingerprint density at radius 3 is 2.57 bits per heavy atom. The number of guanidine groups is 1. The van der Waals surface area contributed by atoms with E-state index in [4.69, 9.17) is 0 Å². The molecule has 2 rings (SSSR count). The summed E-state index contributed by atoms with van der Waals surface area (Å²) in [5.41, 5.74) is 1.49. The summed E-state index contributed by atoms with van der Waals surface area (Å²) < 4.78 is 25.3. The average Bonchev–Trinajstić information content (AvgIpc) is 2.93. The molecule has 1 aromatic rings. The summed E-state index contributed by atoms with van der Waals surface area (Å²) in [7, 11) is -1.51. The number of aliphatic imine (C=N–C) groups is 1. The third kappa shape index (κ3) is 4.63. The van der Waals surface area contributed by atoms with Crippen LogP contribution < -0.4 is 10.0 Å². The van der Waals surface area contributed by atoms with Crippen molar-refractivity contribution in [2.75, 3.05) is 31.1 Å². The van der Waals surface area contributed by atoms with Crippen LogP contribution in [-0.4, -0.2) is 45.7 Å². The molecule has 116 valence electrons. The number of anilines is 1. The lowest BCUT2D eigenvalue weighted by atomic mass is 10.2. The predicted molar refractivity (Wildman–Crippen MR) is 85.9 cm³/mol. The van der Waals surface area contributed by atoms with Gasteiger partial charge in [-0.15, -0.1) is 0 Å². The maximum absolute atomic E-state index is 11.4. The molecule has 21 heavy (non-hydrogen) atoms. The van der Waals surface area contributed by atoms with Gasteiger partial charge in [-0.1, -0.05) is 18.2 Å². The zero-order chi connectivity index (χ0) is 15.3. The Balaban J connectivity index is 2.05. The molecule has 0 bridgehead atoms. The van der Waals surface area contributed by atoms with Gasteiger partial charge >= 0.3 is 0 Å². The molecule has 1 fully saturated rings. The summed E-state index contributed by atoms with van der Waals surface area (Å²) in [6.07, 6.45) is 3.53. The van der Waals surface area contributed by atoms with E-state index in [2.05, 4.69) is 19.9 Å². The highest BCUT2D eigenvalue weighted by Gasteiger charge is 2.16. The first kappa shape index (κ1) is 15.6. The molecule has 1 aliphatic rings. The lowest BCUT2D eigenvalue weighted by molar-refractivity contribution is 0.493. The normalized spacial score (nSPS) is 16.1. The molecule has 0 spiro atoms. The van der Waals surface area contributed by atoms with E-state index in [9.17, 15) is 8.42 Å². The van der Waals surface area contributed by atoms with E-state index < -0.39 is 10.0 Å². The molecule has 0 atom stereocenters. The SMILES string of the molecule is CN=C(NCc1ccccc1NS(C)(=O)=O)N1CCCC1. The van der Waals surface area contributed by atoms with Crippen molar-refractivity contribution >= 4 is 21.7 Å². The maximum atomic E-state index is 11.4. The standard InChI is InChI=1S/C14H22N4O2S/c1-15-14(18-9-5-6-10-18)16-11-12-7-3-4-8-13(12)17-21(2,19)20/h3-4,7-8,17H,5-6,9-11H2,1-2H3,(H,15,16). The summed E-state index contributed by atoms with van der Waals surface area (Å²) in [4.78, 5) is 6.50. The molecule has 0 aliphatic carbocycles. The molecule has 1 aliphatic heterocycles. The van der Waals surface area contributed by atoms with Crippen molar-refractivity contribution in [3.63, 3.8) is 0 Å². The number of likely N-dealkylation sites (tertiary alicyclic amines) is 1. The van der Waals surface area contributed by atoms with Crippen LogP contribution in [0.2, 0.25) is 0 Å². The molecule has 0 radical (unpaired) electrons. The van der Waals surface area contributed by atoms with Gasteiger partial charge in [0, 0.05) is 26.7 Å². The first-order chi connectivity index (χ1) is 9.99. The fourth-order valence-electron chi connectivity index (χ4n) is 2.41. The van der Waals surface area contributed by atoms with E-state index >= 15 is 0 Å². The number of para-hydroxylation sites is 1. The van der Waals surface area contributed by atoms with Gasteiger partial charge in [0.1, 0.15) is 0 Å². The van der Waals surface area contributed by atoms with E-state index in [0.717, 1.165) is 30.9 Å². The Hall–Kier alpha value is -1.76. The summed E-state index contributed by atoms with van der Waals surface area (Å²) >= 11 is 0. The number of benzene rings is 1. The number of nitrogens with zero attached hydrogens (tertiary/aromatic N) is 2. The first-order valence-corrected chi connectivity index (χ1v) is 8.90. The van der Waals surface area contributed by atoms with Gasteiger partial charge in [0.15, 0.2) is 5.96 Å². The van der Waals surface area contributed by atoms with Crippen molar-refractivity contribution in [3.05, 3.63) is 29.8 Å². The van der Waals surface area contributed by atoms with Crippen molar-refractivity contribution < 1.29 is 8.42 Å². The largest absolute Gasteiger partial charge is 0.352 e. The Morgan fingerprint density at radius 1 is 1.29 bits per heavy atom. The van der Waals surface area contributed by atoms with E-state index in [1.165, 1.54) is 12.8 Å². The lowest BCUT2D eigenvalue weighted by Gasteiger charge is -2.21. The molecule has 7 heteroatoms. The summed E-state index contributed by atoms with van der Waals surface area (Å²) in [6, 6.07) is 7.36. The van der Waals surface area contributed by atoms with Gasteiger partial charge in [-0.2, -0.15) is 0 Å². The van der Waals surface area contributed by atoms with Crippen molar-refractivity contribution in [3.8, 4) is 0 Å². The van der Waals surface area contributed by atoms with Crippen LogP contribution in [0.1, 0.15) is 18.4 Å². The Bertz CT molecular complexity index is 607. The summed E-state index contributed by atoms with van der Waals surface area (Å²) in [6.45, 7) is 2.56. The smallest absolute Gasteiger partial charge is 0.229 e. The van der Waals surface area contributed by atoms with Crippen molar-refractivity contribution in [1.29, 1.82) is 0 Å². The van der Waals surface area contributed by atoms with Crippen LogP contribution in [0.5, 0.6) is 0 Å². The zero-order valence-electron chi connectivity index (χ0n) is 12.5. The van der Waals surface area contributed by atoms with Gasteiger partial charge in [-0.25, -0.2) is 8.42 Å². The average molecular weight is 310 g/mol. The quantitative estimate of drug-likeness (QED) is 0.648. The van der Waals surface area contributed by atoms with Crippen LogP contribution in [0.15, 0.2) is 29.3 Å². The molecule has 0 amide bonds. The topological polar surface area (TPSA) is 73.8 Å². The molecule has 0 saturated carbocycles. The van der Waals surface area contributed by atoms with Gasteiger partial charge in [0.05, 0.1) is 11.9 Å². The number of sulfonamides is 1. The first-order valence-electron chi connectivity index (χ1n) is 7.01. The van der Waals surface area contributed by atoms with Crippen molar-refractivity contribution in [1.82, 2.24) is 10.2 Å². The van der Waals surface area contributed by atoms with Gasteiger partial charge in [-0.05, 0) is 24.5 Å². The third-order valence-corrected chi connectivity index (χ3v) is 3.96. The number of hydrogen-bond donors (Lipinski definition) is 2. The number of hydrogen-bond acceptors (Lipinski definition) is 3. The third-order valence-electron chi connectivity index (χ3n) is 3.37. The predicted octanol–water partition coefficient (Wildman–Crippen LogP) is 1.23. The van der Waals surface area contributed by atoms with Crippen LogP contribution >= 0.6 is 0 Å². The van der Waals surface area contributed by atoms with Gasteiger partial charge in [0.25, 0.3) is 0 Å². The number of nitrogens with one attached hydrogen (secondary N) is 2. The van der Waals surface area contributed by atoms with Gasteiger partial charge in [0.2, 0.25) is 10.0 Å². The fraction of sp³-hybridized carbons (Fsp3) is 0.500. The highest BCUT2D eigenvalue weighted by atomic mass is 32.2. The molecule has 0 aromatic heterocycles. The van der Waals surface area contributed by atoms with E-state index in [1.54, 1.807) is 13.1 Å². The van der Waals surface area contributed by atoms with Gasteiger partial charge in [-0.3, -0.25) is 9.71 Å². The molecular formula is C14H22N4O2S. The second-order valence-electron chi connectivity index (χ2n) is 5.13. The second kappa shape index (κ2) is 6.80. The zero-order valence-corrected chi connectivity index (χ0v) is 13.3. The molecule has 6 nitrogen and oxygen atoms in total. The molecule has 1 aromatic carbocycles. The summed E-state index contributed by atoms with van der Waals surface area (Å²) in [5.74, 6) is 0.863. The van der Waals surface area contributed by atoms with Crippen LogP contribution in [0, 0.1) is 0 Å². The van der Waals surface area contributed by atoms with Gasteiger partial charge < -0.3 is 10.2 Å². The second-order valence-corrected chi connectivity index (χ2v) is 6.87. The van der Waals surface area contributed by atoms with Crippen LogP contribution in [0.3, 0.4) is 0 Å². The minimum atomic E-state index is -3.28. The Morgan fingerprint density at radius 2 is 1.95 bits per heavy atom. The minimum absolute atomic E-state index is 0.530. The van der Waals surface area contributed by atoms with Crippen molar-refractivity contribution in [2.24, 2.45) is 4.99 Å². The van der Waals surface area contributed by atoms with E-state index in [1.807, 2.05) is 18.2 Å². The van der Waals surface area contributed by atoms with E-state index in [0.29, 0.717) is 12.2 Å². The van der Waals surface area contributed by atoms with Crippen LogP contribution in [0.25, 0.3) is 0 Å². The summed E-state index contributed by atoms with van der Waals surface area (Å²) in [5, 5.41) is 3.29. The Labute approximate surface area is 126 Å². The van der Waals surface area contributed by atoms with Crippen LogP contribution in [0.4, 0.5) is 5.69 Å². The molecule has 0 unspecified atom stereocenters. The van der Waals surface area contributed by atoms with Crippen LogP contribution in [-0.2, 0) is 16.6 Å². The molecular weight excluding hydrogens is 288 g/mol. The van der Waals surface area contributed by atoms with Crippen molar-refractivity contribution in [2.45, 2.75) is 19.4 Å². The monoisotopic (exact) mass is 310 g/mol. The number of rotatable bonds is 4. The fourth-order valence-corrected chi connectivity index (χ4v) is 3.01.